The van der Waals surface area contributed by atoms with Gasteiger partial charge in [0.25, 0.3) is 0 Å². The van der Waals surface area contributed by atoms with Crippen molar-refractivity contribution >= 4 is 5.97 Å². The highest BCUT2D eigenvalue weighted by Gasteiger charge is 2.11. The zero-order valence-electron chi connectivity index (χ0n) is 11.1. The summed E-state index contributed by atoms with van der Waals surface area (Å²) >= 11 is 0. The van der Waals surface area contributed by atoms with Crippen molar-refractivity contribution in [1.29, 1.82) is 0 Å². The van der Waals surface area contributed by atoms with Crippen LogP contribution >= 0.6 is 0 Å². The Bertz CT molecular complexity index is 182. The number of hydrogen-bond acceptors (Lipinski definition) is 4. The molecular formula is C13H25O4. The standard InChI is InChI=1S/C13H25O4/c1-4-7-9-12(14)17-11-13(15-6-3)16-10-8-5-2/h13H,1,4-11H2,2-3H3. The number of esters is 1. The second kappa shape index (κ2) is 11.9. The maximum atomic E-state index is 11.3. The summed E-state index contributed by atoms with van der Waals surface area (Å²) < 4.78 is 15.9. The molecule has 0 saturated carbocycles. The lowest BCUT2D eigenvalue weighted by Gasteiger charge is -2.17. The second-order valence-electron chi connectivity index (χ2n) is 3.75. The van der Waals surface area contributed by atoms with Crippen LogP contribution in [0, 0.1) is 6.92 Å². The van der Waals surface area contributed by atoms with Crippen LogP contribution in [0.15, 0.2) is 0 Å². The molecule has 0 aromatic carbocycles. The number of hydrogen-bond donors (Lipinski definition) is 0. The molecule has 1 radical (unpaired) electrons. The van der Waals surface area contributed by atoms with E-state index in [0.29, 0.717) is 19.6 Å². The molecule has 0 saturated heterocycles. The molecule has 0 amide bonds. The van der Waals surface area contributed by atoms with Crippen molar-refractivity contribution in [3.05, 3.63) is 6.92 Å². The van der Waals surface area contributed by atoms with E-state index in [-0.39, 0.29) is 12.6 Å². The van der Waals surface area contributed by atoms with Gasteiger partial charge in [0.05, 0.1) is 0 Å². The Balaban J connectivity index is 3.70. The van der Waals surface area contributed by atoms with E-state index in [1.54, 1.807) is 0 Å². The quantitative estimate of drug-likeness (QED) is 0.319. The average molecular weight is 245 g/mol. The first-order valence-electron chi connectivity index (χ1n) is 6.42. The molecule has 0 aromatic heterocycles. The third-order valence-electron chi connectivity index (χ3n) is 2.17. The van der Waals surface area contributed by atoms with Gasteiger partial charge in [-0.05, 0) is 19.8 Å². The first-order valence-corrected chi connectivity index (χ1v) is 6.42. The predicted octanol–water partition coefficient (Wildman–Crippen LogP) is 2.71. The molecule has 0 fully saturated rings. The fourth-order valence-corrected chi connectivity index (χ4v) is 1.19. The van der Waals surface area contributed by atoms with Crippen molar-refractivity contribution in [3.63, 3.8) is 0 Å². The zero-order valence-corrected chi connectivity index (χ0v) is 11.1. The number of carbonyl (C=O) groups is 1. The van der Waals surface area contributed by atoms with Crippen LogP contribution in [0.5, 0.6) is 0 Å². The predicted molar refractivity (Wildman–Crippen MR) is 66.4 cm³/mol. The Labute approximate surface area is 105 Å². The first-order chi connectivity index (χ1) is 8.24. The van der Waals surface area contributed by atoms with Crippen molar-refractivity contribution in [3.8, 4) is 0 Å². The molecule has 4 heteroatoms. The number of rotatable bonds is 11. The van der Waals surface area contributed by atoms with Crippen molar-refractivity contribution in [2.24, 2.45) is 0 Å². The zero-order chi connectivity index (χ0) is 12.9. The van der Waals surface area contributed by atoms with Gasteiger partial charge in [-0.3, -0.25) is 4.79 Å². The molecule has 0 rings (SSSR count). The molecule has 0 aromatic rings. The Hall–Kier alpha value is -0.610. The summed E-state index contributed by atoms with van der Waals surface area (Å²) in [5, 5.41) is 0. The van der Waals surface area contributed by atoms with E-state index >= 15 is 0 Å². The van der Waals surface area contributed by atoms with E-state index in [1.807, 2.05) is 6.92 Å². The maximum absolute atomic E-state index is 11.3. The van der Waals surface area contributed by atoms with E-state index in [4.69, 9.17) is 14.2 Å². The van der Waals surface area contributed by atoms with Crippen LogP contribution in [0.1, 0.15) is 46.0 Å². The molecule has 0 bridgehead atoms. The average Bonchev–Trinajstić information content (AvgIpc) is 2.33. The fraction of sp³-hybridized carbons (Fsp3) is 0.846. The van der Waals surface area contributed by atoms with E-state index in [1.165, 1.54) is 0 Å². The highest BCUT2D eigenvalue weighted by Crippen LogP contribution is 2.02. The maximum Gasteiger partial charge on any atom is 0.305 e. The van der Waals surface area contributed by atoms with Crippen LogP contribution in [0.3, 0.4) is 0 Å². The van der Waals surface area contributed by atoms with Gasteiger partial charge in [-0.2, -0.15) is 0 Å². The minimum atomic E-state index is -0.435. The molecule has 1 unspecified atom stereocenters. The molecule has 0 N–H and O–H groups in total. The van der Waals surface area contributed by atoms with Crippen LogP contribution in [0.2, 0.25) is 0 Å². The largest absolute Gasteiger partial charge is 0.460 e. The fourth-order valence-electron chi connectivity index (χ4n) is 1.19. The lowest BCUT2D eigenvalue weighted by Crippen LogP contribution is -2.25. The van der Waals surface area contributed by atoms with Crippen LogP contribution < -0.4 is 0 Å². The lowest BCUT2D eigenvalue weighted by atomic mass is 10.2. The Morgan fingerprint density at radius 3 is 2.59 bits per heavy atom. The summed E-state index contributed by atoms with van der Waals surface area (Å²) in [7, 11) is 0. The van der Waals surface area contributed by atoms with E-state index in [2.05, 4.69) is 13.8 Å². The van der Waals surface area contributed by atoms with Gasteiger partial charge in [-0.25, -0.2) is 0 Å². The first kappa shape index (κ1) is 16.4. The van der Waals surface area contributed by atoms with Crippen LogP contribution in [0.25, 0.3) is 0 Å². The van der Waals surface area contributed by atoms with Gasteiger partial charge < -0.3 is 14.2 Å². The summed E-state index contributed by atoms with van der Waals surface area (Å²) in [4.78, 5) is 11.3. The van der Waals surface area contributed by atoms with E-state index < -0.39 is 6.29 Å². The van der Waals surface area contributed by atoms with Crippen LogP contribution in [0.4, 0.5) is 0 Å². The molecule has 101 valence electrons. The summed E-state index contributed by atoms with van der Waals surface area (Å²) in [5.41, 5.74) is 0. The smallest absolute Gasteiger partial charge is 0.305 e. The Kier molecular flexibility index (Phi) is 11.4. The van der Waals surface area contributed by atoms with Crippen LogP contribution in [-0.2, 0) is 19.0 Å². The third kappa shape index (κ3) is 10.3. The monoisotopic (exact) mass is 245 g/mol. The second-order valence-corrected chi connectivity index (χ2v) is 3.75. The van der Waals surface area contributed by atoms with E-state index in [0.717, 1.165) is 25.7 Å². The molecule has 0 heterocycles. The summed E-state index contributed by atoms with van der Waals surface area (Å²) in [6, 6.07) is 0. The molecule has 0 aliphatic carbocycles. The molecule has 4 nitrogen and oxygen atoms in total. The molecule has 0 spiro atoms. The van der Waals surface area contributed by atoms with Gasteiger partial charge in [-0.15, -0.1) is 0 Å². The Morgan fingerprint density at radius 1 is 1.24 bits per heavy atom. The molecular weight excluding hydrogens is 220 g/mol. The van der Waals surface area contributed by atoms with Crippen molar-refractivity contribution < 1.29 is 19.0 Å². The van der Waals surface area contributed by atoms with Gasteiger partial charge in [0.2, 0.25) is 0 Å². The molecule has 1 atom stereocenters. The highest BCUT2D eigenvalue weighted by atomic mass is 16.7. The highest BCUT2D eigenvalue weighted by molar-refractivity contribution is 5.69. The normalized spacial score (nSPS) is 12.4. The summed E-state index contributed by atoms with van der Waals surface area (Å²) in [6.07, 6.45) is 3.54. The van der Waals surface area contributed by atoms with Crippen molar-refractivity contribution in [2.45, 2.75) is 52.2 Å². The Morgan fingerprint density at radius 2 is 2.00 bits per heavy atom. The number of ether oxygens (including phenoxy) is 3. The van der Waals surface area contributed by atoms with Gasteiger partial charge in [0.1, 0.15) is 6.61 Å². The van der Waals surface area contributed by atoms with Gasteiger partial charge in [-0.1, -0.05) is 26.7 Å². The SMILES string of the molecule is [CH2]CCCC(=O)OCC(OCC)OCCCC. The van der Waals surface area contributed by atoms with Gasteiger partial charge >= 0.3 is 5.97 Å². The molecule has 0 aliphatic rings. The third-order valence-corrected chi connectivity index (χ3v) is 2.17. The van der Waals surface area contributed by atoms with Crippen molar-refractivity contribution in [2.75, 3.05) is 19.8 Å². The minimum Gasteiger partial charge on any atom is -0.460 e. The summed E-state index contributed by atoms with van der Waals surface area (Å²) in [6.45, 7) is 9.02. The lowest BCUT2D eigenvalue weighted by molar-refractivity contribution is -0.181. The molecule has 0 aliphatic heterocycles. The van der Waals surface area contributed by atoms with Crippen molar-refractivity contribution in [1.82, 2.24) is 0 Å². The number of unbranched alkanes of at least 4 members (excludes halogenated alkanes) is 2. The van der Waals surface area contributed by atoms with Gasteiger partial charge in [0, 0.05) is 19.6 Å². The van der Waals surface area contributed by atoms with E-state index in [9.17, 15) is 4.79 Å². The molecule has 17 heavy (non-hydrogen) atoms. The van der Waals surface area contributed by atoms with Crippen LogP contribution in [-0.4, -0.2) is 32.1 Å². The topological polar surface area (TPSA) is 44.8 Å². The van der Waals surface area contributed by atoms with Gasteiger partial charge in [0.15, 0.2) is 6.29 Å². The summed E-state index contributed by atoms with van der Waals surface area (Å²) in [5.74, 6) is -0.211. The number of carbonyl (C=O) groups excluding carboxylic acids is 1. The minimum absolute atomic E-state index is 0.174.